The van der Waals surface area contributed by atoms with Gasteiger partial charge in [-0.25, -0.2) is 0 Å². The van der Waals surface area contributed by atoms with Gasteiger partial charge in [0.15, 0.2) is 0 Å². The molecule has 4 rings (SSSR count). The first-order valence-electron chi connectivity index (χ1n) is 10.6. The second-order valence-electron chi connectivity index (χ2n) is 7.66. The normalized spacial score (nSPS) is 15.0. The van der Waals surface area contributed by atoms with Crippen LogP contribution in [0.2, 0.25) is 0 Å². The minimum atomic E-state index is -0.00822. The van der Waals surface area contributed by atoms with Crippen LogP contribution in [0, 0.1) is 0 Å². The van der Waals surface area contributed by atoms with Crippen molar-refractivity contribution in [2.24, 2.45) is 0 Å². The lowest BCUT2D eigenvalue weighted by atomic mass is 10.0. The van der Waals surface area contributed by atoms with Crippen molar-refractivity contribution >= 4 is 29.0 Å². The molecule has 162 valence electrons. The van der Waals surface area contributed by atoms with Gasteiger partial charge in [-0.2, -0.15) is 11.3 Å². The highest BCUT2D eigenvalue weighted by molar-refractivity contribution is 7.98. The van der Waals surface area contributed by atoms with Crippen molar-refractivity contribution in [2.45, 2.75) is 29.5 Å². The average Bonchev–Trinajstić information content (AvgIpc) is 3.53. The smallest absolute Gasteiger partial charge is 0.252 e. The number of nitrogens with zero attached hydrogens (tertiary/aromatic N) is 1. The van der Waals surface area contributed by atoms with Crippen molar-refractivity contribution in [3.05, 3.63) is 82.0 Å². The average molecular weight is 453 g/mol. The number of carbonyl (C=O) groups excluding carboxylic acids is 1. The Morgan fingerprint density at radius 3 is 2.61 bits per heavy atom. The zero-order valence-corrected chi connectivity index (χ0v) is 19.4. The molecule has 0 spiro atoms. The Morgan fingerprint density at radius 1 is 1.13 bits per heavy atom. The highest BCUT2D eigenvalue weighted by Gasteiger charge is 2.24. The molecular weight excluding hydrogens is 424 g/mol. The van der Waals surface area contributed by atoms with Crippen LogP contribution in [0.3, 0.4) is 0 Å². The topological polar surface area (TPSA) is 41.6 Å². The fraction of sp³-hybridized carbons (Fsp3) is 0.320. The Balaban J connectivity index is 1.45. The van der Waals surface area contributed by atoms with Crippen LogP contribution >= 0.6 is 23.1 Å². The van der Waals surface area contributed by atoms with E-state index in [9.17, 15) is 4.79 Å². The number of amides is 1. The van der Waals surface area contributed by atoms with Crippen molar-refractivity contribution in [1.29, 1.82) is 0 Å². The standard InChI is InChI=1S/C25H28N2O2S2/c1-29-21-10-8-20(9-11-21)23(27-13-4-5-14-27)16-26-25(28)22-6-2-3-7-24(22)31-18-19-12-15-30-17-19/h2-3,6-12,15,17,23H,4-5,13-14,16,18H2,1H3,(H,26,28)/t23-/m0/s1. The van der Waals surface area contributed by atoms with Gasteiger partial charge in [0.1, 0.15) is 5.75 Å². The first kappa shape index (κ1) is 21.9. The summed E-state index contributed by atoms with van der Waals surface area (Å²) in [5, 5.41) is 7.46. The summed E-state index contributed by atoms with van der Waals surface area (Å²) in [6.45, 7) is 2.73. The van der Waals surface area contributed by atoms with Crippen LogP contribution < -0.4 is 10.1 Å². The number of methoxy groups -OCH3 is 1. The van der Waals surface area contributed by atoms with Crippen LogP contribution in [-0.2, 0) is 5.75 Å². The van der Waals surface area contributed by atoms with Gasteiger partial charge in [-0.3, -0.25) is 9.69 Å². The summed E-state index contributed by atoms with van der Waals surface area (Å²) in [6, 6.07) is 18.4. The van der Waals surface area contributed by atoms with Crippen LogP contribution in [0.4, 0.5) is 0 Å². The molecule has 1 aliphatic heterocycles. The molecule has 1 aromatic heterocycles. The molecule has 31 heavy (non-hydrogen) atoms. The fourth-order valence-electron chi connectivity index (χ4n) is 3.94. The molecule has 1 atom stereocenters. The molecule has 0 aliphatic carbocycles. The van der Waals surface area contributed by atoms with E-state index in [1.165, 1.54) is 24.0 Å². The Hall–Kier alpha value is -2.28. The number of likely N-dealkylation sites (tertiary alicyclic amines) is 1. The van der Waals surface area contributed by atoms with Crippen molar-refractivity contribution in [1.82, 2.24) is 10.2 Å². The molecule has 6 heteroatoms. The van der Waals surface area contributed by atoms with Gasteiger partial charge >= 0.3 is 0 Å². The van der Waals surface area contributed by atoms with Gasteiger partial charge in [0.2, 0.25) is 0 Å². The molecule has 0 saturated carbocycles. The molecule has 0 radical (unpaired) electrons. The number of hydrogen-bond acceptors (Lipinski definition) is 5. The van der Waals surface area contributed by atoms with E-state index in [1.54, 1.807) is 30.2 Å². The van der Waals surface area contributed by atoms with Crippen molar-refractivity contribution < 1.29 is 9.53 Å². The molecule has 4 nitrogen and oxygen atoms in total. The molecule has 1 N–H and O–H groups in total. The lowest BCUT2D eigenvalue weighted by Gasteiger charge is -2.28. The monoisotopic (exact) mass is 452 g/mol. The van der Waals surface area contributed by atoms with E-state index < -0.39 is 0 Å². The molecule has 1 saturated heterocycles. The van der Waals surface area contributed by atoms with Crippen LogP contribution in [0.5, 0.6) is 5.75 Å². The summed E-state index contributed by atoms with van der Waals surface area (Å²) in [5.74, 6) is 1.71. The van der Waals surface area contributed by atoms with E-state index in [4.69, 9.17) is 4.74 Å². The molecule has 1 aliphatic rings. The van der Waals surface area contributed by atoms with E-state index >= 15 is 0 Å². The van der Waals surface area contributed by atoms with Gasteiger partial charge < -0.3 is 10.1 Å². The Labute approximate surface area is 192 Å². The van der Waals surface area contributed by atoms with E-state index in [-0.39, 0.29) is 11.9 Å². The van der Waals surface area contributed by atoms with Gasteiger partial charge in [-0.15, -0.1) is 11.8 Å². The van der Waals surface area contributed by atoms with Crippen LogP contribution in [0.25, 0.3) is 0 Å². The van der Waals surface area contributed by atoms with Crippen molar-refractivity contribution in [3.63, 3.8) is 0 Å². The lowest BCUT2D eigenvalue weighted by Crippen LogP contribution is -2.37. The summed E-state index contributed by atoms with van der Waals surface area (Å²) in [4.78, 5) is 16.6. The molecule has 0 bridgehead atoms. The van der Waals surface area contributed by atoms with E-state index in [0.717, 1.165) is 35.1 Å². The predicted octanol–water partition coefficient (Wildman–Crippen LogP) is 5.62. The van der Waals surface area contributed by atoms with Crippen molar-refractivity contribution in [2.75, 3.05) is 26.7 Å². The lowest BCUT2D eigenvalue weighted by molar-refractivity contribution is 0.0935. The molecule has 0 unspecified atom stereocenters. The van der Waals surface area contributed by atoms with Gasteiger partial charge in [0.05, 0.1) is 18.7 Å². The third-order valence-electron chi connectivity index (χ3n) is 5.64. The third-order valence-corrected chi connectivity index (χ3v) is 7.52. The number of ether oxygens (including phenoxy) is 1. The highest BCUT2D eigenvalue weighted by Crippen LogP contribution is 2.29. The number of thioether (sulfide) groups is 1. The van der Waals surface area contributed by atoms with E-state index in [1.807, 2.05) is 36.4 Å². The zero-order chi connectivity index (χ0) is 21.5. The highest BCUT2D eigenvalue weighted by atomic mass is 32.2. The largest absolute Gasteiger partial charge is 0.497 e. The Morgan fingerprint density at radius 2 is 1.90 bits per heavy atom. The number of carbonyl (C=O) groups is 1. The van der Waals surface area contributed by atoms with E-state index in [0.29, 0.717) is 6.54 Å². The second kappa shape index (κ2) is 10.8. The summed E-state index contributed by atoms with van der Waals surface area (Å²) in [6.07, 6.45) is 2.42. The van der Waals surface area contributed by atoms with Crippen molar-refractivity contribution in [3.8, 4) is 5.75 Å². The maximum atomic E-state index is 13.1. The molecule has 2 heterocycles. The maximum Gasteiger partial charge on any atom is 0.252 e. The van der Waals surface area contributed by atoms with Gasteiger partial charge in [-0.1, -0.05) is 24.3 Å². The number of nitrogens with one attached hydrogen (secondary N) is 1. The fourth-order valence-corrected chi connectivity index (χ4v) is 5.70. The maximum absolute atomic E-state index is 13.1. The summed E-state index contributed by atoms with van der Waals surface area (Å²) < 4.78 is 5.31. The SMILES string of the molecule is COc1ccc([C@H](CNC(=O)c2ccccc2SCc2ccsc2)N2CCCC2)cc1. The van der Waals surface area contributed by atoms with E-state index in [2.05, 4.69) is 39.2 Å². The van der Waals surface area contributed by atoms with Gasteiger partial charge in [0, 0.05) is 17.2 Å². The van der Waals surface area contributed by atoms with Crippen LogP contribution in [0.15, 0.2) is 70.3 Å². The molecule has 3 aromatic rings. The van der Waals surface area contributed by atoms with Gasteiger partial charge in [0.25, 0.3) is 5.91 Å². The second-order valence-corrected chi connectivity index (χ2v) is 9.46. The number of rotatable bonds is 9. The van der Waals surface area contributed by atoms with Crippen LogP contribution in [0.1, 0.15) is 40.4 Å². The minimum Gasteiger partial charge on any atom is -0.497 e. The Kier molecular flexibility index (Phi) is 7.67. The minimum absolute atomic E-state index is 0.00822. The predicted molar refractivity (Wildman–Crippen MR) is 129 cm³/mol. The molecule has 1 amide bonds. The summed E-state index contributed by atoms with van der Waals surface area (Å²) in [5.41, 5.74) is 3.25. The summed E-state index contributed by atoms with van der Waals surface area (Å²) >= 11 is 3.42. The first-order chi connectivity index (χ1) is 15.2. The van der Waals surface area contributed by atoms with Gasteiger partial charge in [-0.05, 0) is 78.2 Å². The number of hydrogen-bond donors (Lipinski definition) is 1. The Bertz CT molecular complexity index is 967. The number of thiophene rings is 1. The number of benzene rings is 2. The van der Waals surface area contributed by atoms with Crippen LogP contribution in [-0.4, -0.2) is 37.6 Å². The quantitative estimate of drug-likeness (QED) is 0.428. The molecular formula is C25H28N2O2S2. The third kappa shape index (κ3) is 5.70. The first-order valence-corrected chi connectivity index (χ1v) is 12.6. The zero-order valence-electron chi connectivity index (χ0n) is 17.8. The molecule has 2 aromatic carbocycles. The molecule has 1 fully saturated rings. The summed E-state index contributed by atoms with van der Waals surface area (Å²) in [7, 11) is 1.68.